The molecule has 1 aromatic carbocycles. The SMILES string of the molecule is CCCC1CCCCN1c1c(F)cc(C(N)=NO)cc1F. The van der Waals surface area contributed by atoms with Crippen molar-refractivity contribution in [3.63, 3.8) is 0 Å². The van der Waals surface area contributed by atoms with Crippen LogP contribution in [0.2, 0.25) is 0 Å². The minimum absolute atomic E-state index is 0.00244. The van der Waals surface area contributed by atoms with E-state index in [2.05, 4.69) is 12.1 Å². The highest BCUT2D eigenvalue weighted by atomic mass is 19.1. The molecule has 0 aliphatic carbocycles. The molecule has 0 radical (unpaired) electrons. The molecule has 1 aromatic rings. The lowest BCUT2D eigenvalue weighted by molar-refractivity contribution is 0.318. The van der Waals surface area contributed by atoms with Crippen LogP contribution in [-0.4, -0.2) is 23.6 Å². The van der Waals surface area contributed by atoms with Gasteiger partial charge in [-0.1, -0.05) is 18.5 Å². The van der Waals surface area contributed by atoms with Crippen LogP contribution < -0.4 is 10.6 Å². The molecule has 1 unspecified atom stereocenters. The van der Waals surface area contributed by atoms with Crippen LogP contribution >= 0.6 is 0 Å². The predicted molar refractivity (Wildman–Crippen MR) is 78.8 cm³/mol. The van der Waals surface area contributed by atoms with Gasteiger partial charge in [-0.25, -0.2) is 8.78 Å². The Morgan fingerprint density at radius 2 is 2.05 bits per heavy atom. The molecular formula is C15H21F2N3O. The smallest absolute Gasteiger partial charge is 0.170 e. The molecule has 1 atom stereocenters. The standard InChI is InChI=1S/C15H21F2N3O/c1-2-5-11-6-3-4-7-20(11)14-12(16)8-10(9-13(14)17)15(18)19-21/h8-9,11,21H,2-7H2,1H3,(H2,18,19). The van der Waals surface area contributed by atoms with Crippen molar-refractivity contribution in [1.29, 1.82) is 0 Å². The van der Waals surface area contributed by atoms with E-state index in [9.17, 15) is 8.78 Å². The zero-order valence-electron chi connectivity index (χ0n) is 12.1. The van der Waals surface area contributed by atoms with E-state index >= 15 is 0 Å². The van der Waals surface area contributed by atoms with E-state index in [0.717, 1.165) is 44.2 Å². The van der Waals surface area contributed by atoms with Crippen LogP contribution in [0.1, 0.15) is 44.6 Å². The first kappa shape index (κ1) is 15.5. The first-order chi connectivity index (χ1) is 10.1. The van der Waals surface area contributed by atoms with E-state index in [1.165, 1.54) is 0 Å². The third-order valence-corrected chi connectivity index (χ3v) is 3.96. The fourth-order valence-electron chi connectivity index (χ4n) is 2.97. The van der Waals surface area contributed by atoms with E-state index < -0.39 is 11.6 Å². The van der Waals surface area contributed by atoms with Crippen molar-refractivity contribution in [2.45, 2.75) is 45.1 Å². The summed E-state index contributed by atoms with van der Waals surface area (Å²) in [7, 11) is 0. The molecule has 0 amide bonds. The van der Waals surface area contributed by atoms with Crippen LogP contribution in [0.15, 0.2) is 17.3 Å². The van der Waals surface area contributed by atoms with Crippen LogP contribution in [0.3, 0.4) is 0 Å². The molecule has 3 N–H and O–H groups in total. The van der Waals surface area contributed by atoms with Gasteiger partial charge in [0.1, 0.15) is 17.3 Å². The maximum Gasteiger partial charge on any atom is 0.170 e. The summed E-state index contributed by atoms with van der Waals surface area (Å²) in [5, 5.41) is 11.4. The summed E-state index contributed by atoms with van der Waals surface area (Å²) in [6, 6.07) is 2.40. The lowest BCUT2D eigenvalue weighted by Gasteiger charge is -2.38. The van der Waals surface area contributed by atoms with Crippen molar-refractivity contribution in [2.24, 2.45) is 10.9 Å². The van der Waals surface area contributed by atoms with Crippen molar-refractivity contribution in [1.82, 2.24) is 0 Å². The number of benzene rings is 1. The van der Waals surface area contributed by atoms with Crippen LogP contribution in [-0.2, 0) is 0 Å². The highest BCUT2D eigenvalue weighted by molar-refractivity contribution is 5.97. The third-order valence-electron chi connectivity index (χ3n) is 3.96. The topological polar surface area (TPSA) is 61.8 Å². The Bertz CT molecular complexity index is 509. The maximum atomic E-state index is 14.3. The molecule has 21 heavy (non-hydrogen) atoms. The van der Waals surface area contributed by atoms with Gasteiger partial charge in [0, 0.05) is 18.2 Å². The van der Waals surface area contributed by atoms with Gasteiger partial charge in [-0.2, -0.15) is 0 Å². The monoisotopic (exact) mass is 297 g/mol. The Kier molecular flexibility index (Phi) is 4.98. The first-order valence-electron chi connectivity index (χ1n) is 7.32. The van der Waals surface area contributed by atoms with Gasteiger partial charge < -0.3 is 15.8 Å². The van der Waals surface area contributed by atoms with Crippen molar-refractivity contribution in [3.05, 3.63) is 29.3 Å². The number of anilines is 1. The number of amidine groups is 1. The summed E-state index contributed by atoms with van der Waals surface area (Å²) in [5.41, 5.74) is 5.43. The number of rotatable bonds is 4. The molecular weight excluding hydrogens is 276 g/mol. The van der Waals surface area contributed by atoms with Gasteiger partial charge in [0.05, 0.1) is 0 Å². The van der Waals surface area contributed by atoms with Gasteiger partial charge in [-0.15, -0.1) is 0 Å². The zero-order chi connectivity index (χ0) is 15.4. The zero-order valence-corrected chi connectivity index (χ0v) is 12.1. The minimum atomic E-state index is -0.667. The molecule has 1 heterocycles. The van der Waals surface area contributed by atoms with E-state index in [-0.39, 0.29) is 23.1 Å². The van der Waals surface area contributed by atoms with Crippen molar-refractivity contribution in [3.8, 4) is 0 Å². The Morgan fingerprint density at radius 1 is 1.38 bits per heavy atom. The number of hydrogen-bond donors (Lipinski definition) is 2. The average Bonchev–Trinajstić information content (AvgIpc) is 2.47. The van der Waals surface area contributed by atoms with Crippen molar-refractivity contribution >= 4 is 11.5 Å². The Labute approximate surface area is 123 Å². The van der Waals surface area contributed by atoms with E-state index in [4.69, 9.17) is 10.9 Å². The van der Waals surface area contributed by atoms with Crippen molar-refractivity contribution in [2.75, 3.05) is 11.4 Å². The number of oxime groups is 1. The summed E-state index contributed by atoms with van der Waals surface area (Å²) in [5.74, 6) is -1.64. The second-order valence-corrected chi connectivity index (χ2v) is 5.41. The molecule has 116 valence electrons. The third kappa shape index (κ3) is 3.25. The summed E-state index contributed by atoms with van der Waals surface area (Å²) in [6.07, 6.45) is 4.87. The van der Waals surface area contributed by atoms with Crippen LogP contribution in [0.5, 0.6) is 0 Å². The Balaban J connectivity index is 2.38. The summed E-state index contributed by atoms with van der Waals surface area (Å²) >= 11 is 0. The molecule has 1 aliphatic rings. The van der Waals surface area contributed by atoms with Gasteiger partial charge in [-0.3, -0.25) is 0 Å². The summed E-state index contributed by atoms with van der Waals surface area (Å²) in [4.78, 5) is 1.83. The first-order valence-corrected chi connectivity index (χ1v) is 7.32. The molecule has 0 saturated carbocycles. The number of nitrogens with two attached hydrogens (primary N) is 1. The number of halogens is 2. The normalized spacial score (nSPS) is 19.9. The van der Waals surface area contributed by atoms with Gasteiger partial charge in [0.2, 0.25) is 0 Å². The van der Waals surface area contributed by atoms with Gasteiger partial charge >= 0.3 is 0 Å². The van der Waals surface area contributed by atoms with Crippen molar-refractivity contribution < 1.29 is 14.0 Å². The predicted octanol–water partition coefficient (Wildman–Crippen LogP) is 3.22. The highest BCUT2D eigenvalue weighted by Crippen LogP contribution is 2.32. The molecule has 1 fully saturated rings. The fourth-order valence-corrected chi connectivity index (χ4v) is 2.97. The Hall–Kier alpha value is -1.85. The lowest BCUT2D eigenvalue weighted by atomic mass is 9.97. The molecule has 0 bridgehead atoms. The maximum absolute atomic E-state index is 14.3. The van der Waals surface area contributed by atoms with E-state index in [1.54, 1.807) is 0 Å². The molecule has 4 nitrogen and oxygen atoms in total. The lowest BCUT2D eigenvalue weighted by Crippen LogP contribution is -2.40. The van der Waals surface area contributed by atoms with Crippen LogP contribution in [0.25, 0.3) is 0 Å². The minimum Gasteiger partial charge on any atom is -0.409 e. The molecule has 1 saturated heterocycles. The summed E-state index contributed by atoms with van der Waals surface area (Å²) < 4.78 is 28.7. The summed E-state index contributed by atoms with van der Waals surface area (Å²) in [6.45, 7) is 2.72. The van der Waals surface area contributed by atoms with Crippen LogP contribution in [0.4, 0.5) is 14.5 Å². The quantitative estimate of drug-likeness (QED) is 0.388. The van der Waals surface area contributed by atoms with Gasteiger partial charge in [-0.05, 0) is 37.8 Å². The fraction of sp³-hybridized carbons (Fsp3) is 0.533. The molecule has 1 aliphatic heterocycles. The van der Waals surface area contributed by atoms with E-state index in [1.807, 2.05) is 4.90 Å². The second-order valence-electron chi connectivity index (χ2n) is 5.41. The average molecular weight is 297 g/mol. The molecule has 2 rings (SSSR count). The number of piperidine rings is 1. The van der Waals surface area contributed by atoms with Gasteiger partial charge in [0.15, 0.2) is 5.84 Å². The Morgan fingerprint density at radius 3 is 2.62 bits per heavy atom. The molecule has 6 heteroatoms. The number of nitrogens with zero attached hydrogens (tertiary/aromatic N) is 2. The molecule has 0 aromatic heterocycles. The van der Waals surface area contributed by atoms with E-state index in [0.29, 0.717) is 6.54 Å². The largest absolute Gasteiger partial charge is 0.409 e. The molecule has 0 spiro atoms. The highest BCUT2D eigenvalue weighted by Gasteiger charge is 2.27. The van der Waals surface area contributed by atoms with Gasteiger partial charge in [0.25, 0.3) is 0 Å². The number of hydrogen-bond acceptors (Lipinski definition) is 3. The van der Waals surface area contributed by atoms with Crippen LogP contribution in [0, 0.1) is 11.6 Å². The second kappa shape index (κ2) is 6.74.